The van der Waals surface area contributed by atoms with Gasteiger partial charge in [-0.25, -0.2) is 0 Å². The molecule has 1 aromatic carbocycles. The summed E-state index contributed by atoms with van der Waals surface area (Å²) in [5, 5.41) is 4.09. The van der Waals surface area contributed by atoms with Crippen molar-refractivity contribution in [3.63, 3.8) is 0 Å². The number of carbonyl (C=O) groups is 1. The van der Waals surface area contributed by atoms with Gasteiger partial charge in [-0.15, -0.1) is 0 Å². The molecule has 4 nitrogen and oxygen atoms in total. The largest absolute Gasteiger partial charge is 0.484 e. The molecular weight excluding hydrogens is 347 g/mol. The molecule has 1 amide bonds. The Bertz CT molecular complexity index is 556. The highest BCUT2D eigenvalue weighted by Crippen LogP contribution is 2.27. The van der Waals surface area contributed by atoms with Gasteiger partial charge in [0.25, 0.3) is 5.91 Å². The number of nitrogens with zero attached hydrogens (tertiary/aromatic N) is 1. The lowest BCUT2D eigenvalue weighted by Crippen LogP contribution is -2.40. The summed E-state index contributed by atoms with van der Waals surface area (Å²) in [4.78, 5) is 14.7. The van der Waals surface area contributed by atoms with Crippen LogP contribution in [0.1, 0.15) is 38.5 Å². The molecular formula is C18H24Cl2N2O2. The maximum atomic E-state index is 12.1. The molecule has 0 spiro atoms. The molecule has 0 aromatic heterocycles. The van der Waals surface area contributed by atoms with Crippen LogP contribution < -0.4 is 10.1 Å². The van der Waals surface area contributed by atoms with E-state index < -0.39 is 0 Å². The number of benzene rings is 1. The van der Waals surface area contributed by atoms with Crippen LogP contribution in [0, 0.1) is 0 Å². The van der Waals surface area contributed by atoms with Crippen LogP contribution in [0.2, 0.25) is 10.0 Å². The number of nitrogens with one attached hydrogen (secondary N) is 1. The van der Waals surface area contributed by atoms with E-state index in [9.17, 15) is 4.79 Å². The van der Waals surface area contributed by atoms with Gasteiger partial charge in [-0.05, 0) is 63.4 Å². The predicted molar refractivity (Wildman–Crippen MR) is 97.0 cm³/mol. The predicted octanol–water partition coefficient (Wildman–Crippen LogP) is 3.90. The smallest absolute Gasteiger partial charge is 0.258 e. The Hall–Kier alpha value is -0.970. The van der Waals surface area contributed by atoms with Crippen molar-refractivity contribution >= 4 is 29.1 Å². The van der Waals surface area contributed by atoms with Crippen LogP contribution in [0.5, 0.6) is 5.75 Å². The van der Waals surface area contributed by atoms with E-state index in [1.165, 1.54) is 38.8 Å². The second-order valence-corrected chi connectivity index (χ2v) is 7.59. The Labute approximate surface area is 153 Å². The number of ether oxygens (including phenoxy) is 1. The van der Waals surface area contributed by atoms with Gasteiger partial charge in [-0.2, -0.15) is 0 Å². The van der Waals surface area contributed by atoms with Crippen LogP contribution >= 0.6 is 23.2 Å². The van der Waals surface area contributed by atoms with Crippen molar-refractivity contribution < 1.29 is 9.53 Å². The molecule has 6 heteroatoms. The Kier molecular flexibility index (Phi) is 6.25. The molecule has 0 unspecified atom stereocenters. The van der Waals surface area contributed by atoms with Crippen molar-refractivity contribution in [2.75, 3.05) is 19.7 Å². The second kappa shape index (κ2) is 8.41. The van der Waals surface area contributed by atoms with Gasteiger partial charge >= 0.3 is 0 Å². The molecule has 1 aromatic rings. The molecule has 1 saturated heterocycles. The zero-order chi connectivity index (χ0) is 16.9. The monoisotopic (exact) mass is 370 g/mol. The fourth-order valence-corrected chi connectivity index (χ4v) is 4.24. The minimum atomic E-state index is -0.0876. The number of hydrogen-bond acceptors (Lipinski definition) is 3. The minimum Gasteiger partial charge on any atom is -0.484 e. The number of piperidine rings is 1. The lowest BCUT2D eigenvalue weighted by molar-refractivity contribution is -0.123. The molecule has 2 atom stereocenters. The van der Waals surface area contributed by atoms with Gasteiger partial charge in [-0.3, -0.25) is 4.79 Å². The molecule has 2 aliphatic rings. The Morgan fingerprint density at radius 1 is 1.12 bits per heavy atom. The van der Waals surface area contributed by atoms with Crippen LogP contribution in [0.3, 0.4) is 0 Å². The first-order chi connectivity index (χ1) is 11.6. The first kappa shape index (κ1) is 17.8. The van der Waals surface area contributed by atoms with Gasteiger partial charge in [0, 0.05) is 22.1 Å². The van der Waals surface area contributed by atoms with E-state index >= 15 is 0 Å². The Morgan fingerprint density at radius 3 is 2.54 bits per heavy atom. The summed E-state index contributed by atoms with van der Waals surface area (Å²) >= 11 is 11.8. The van der Waals surface area contributed by atoms with Gasteiger partial charge in [0.05, 0.1) is 0 Å². The lowest BCUT2D eigenvalue weighted by Gasteiger charge is -2.32. The second-order valence-electron chi connectivity index (χ2n) is 6.72. The first-order valence-electron chi connectivity index (χ1n) is 8.72. The summed E-state index contributed by atoms with van der Waals surface area (Å²) in [7, 11) is 0. The van der Waals surface area contributed by atoms with Crippen LogP contribution in [-0.2, 0) is 4.79 Å². The molecule has 1 heterocycles. The van der Waals surface area contributed by atoms with E-state index in [1.54, 1.807) is 18.2 Å². The van der Waals surface area contributed by atoms with Crippen molar-refractivity contribution in [3.05, 3.63) is 28.2 Å². The van der Waals surface area contributed by atoms with E-state index in [-0.39, 0.29) is 18.6 Å². The van der Waals surface area contributed by atoms with Gasteiger partial charge in [0.1, 0.15) is 5.75 Å². The van der Waals surface area contributed by atoms with E-state index in [0.29, 0.717) is 21.8 Å². The Morgan fingerprint density at radius 2 is 1.83 bits per heavy atom. The zero-order valence-corrected chi connectivity index (χ0v) is 15.3. The van der Waals surface area contributed by atoms with Crippen LogP contribution in [-0.4, -0.2) is 42.6 Å². The molecule has 1 N–H and O–H groups in total. The average Bonchev–Trinajstić information content (AvgIpc) is 3.01. The number of likely N-dealkylation sites (tertiary alicyclic amines) is 1. The van der Waals surface area contributed by atoms with Crippen LogP contribution in [0.15, 0.2) is 18.2 Å². The Balaban J connectivity index is 1.42. The van der Waals surface area contributed by atoms with Gasteiger partial charge < -0.3 is 15.0 Å². The number of halogens is 2. The quantitative estimate of drug-likeness (QED) is 0.854. The molecule has 0 radical (unpaired) electrons. The van der Waals surface area contributed by atoms with E-state index in [1.807, 2.05) is 0 Å². The number of rotatable bonds is 5. The fourth-order valence-electron chi connectivity index (χ4n) is 3.73. The van der Waals surface area contributed by atoms with Crippen LogP contribution in [0.25, 0.3) is 0 Å². The summed E-state index contributed by atoms with van der Waals surface area (Å²) in [6, 6.07) is 5.83. The molecule has 24 heavy (non-hydrogen) atoms. The van der Waals surface area contributed by atoms with E-state index in [0.717, 1.165) is 12.8 Å². The summed E-state index contributed by atoms with van der Waals surface area (Å²) in [6.45, 7) is 2.41. The first-order valence-corrected chi connectivity index (χ1v) is 9.48. The summed E-state index contributed by atoms with van der Waals surface area (Å²) in [5.41, 5.74) is 0. The van der Waals surface area contributed by atoms with Gasteiger partial charge in [0.15, 0.2) is 6.61 Å². The summed E-state index contributed by atoms with van der Waals surface area (Å²) in [5.74, 6) is 0.427. The molecule has 1 aliphatic carbocycles. The lowest BCUT2D eigenvalue weighted by atomic mass is 10.1. The molecule has 132 valence electrons. The number of carbonyl (C=O) groups excluding carboxylic acids is 1. The molecule has 0 bridgehead atoms. The summed E-state index contributed by atoms with van der Waals surface area (Å²) in [6.07, 6.45) is 7.25. The van der Waals surface area contributed by atoms with Gasteiger partial charge in [0.2, 0.25) is 0 Å². The third kappa shape index (κ3) is 5.01. The number of hydrogen-bond donors (Lipinski definition) is 1. The number of amides is 1. The third-order valence-corrected chi connectivity index (χ3v) is 5.32. The highest BCUT2D eigenvalue weighted by molar-refractivity contribution is 6.34. The normalized spacial score (nSPS) is 24.8. The van der Waals surface area contributed by atoms with Gasteiger partial charge in [-0.1, -0.05) is 29.6 Å². The van der Waals surface area contributed by atoms with Crippen molar-refractivity contribution in [2.24, 2.45) is 0 Å². The SMILES string of the molecule is O=C(COc1cc(Cl)cc(Cl)c1)N[C@@H]1CC[C@H](N2CCCCC2)C1. The maximum absolute atomic E-state index is 12.1. The standard InChI is InChI=1S/C18H24Cl2N2O2/c19-13-8-14(20)10-17(9-13)24-12-18(23)21-15-4-5-16(11-15)22-6-2-1-3-7-22/h8-10,15-16H,1-7,11-12H2,(H,21,23)/t15-,16+/m1/s1. The molecule has 2 fully saturated rings. The highest BCUT2D eigenvalue weighted by Gasteiger charge is 2.30. The fraction of sp³-hybridized carbons (Fsp3) is 0.611. The van der Waals surface area contributed by atoms with Crippen molar-refractivity contribution in [1.82, 2.24) is 10.2 Å². The van der Waals surface area contributed by atoms with Crippen LogP contribution in [0.4, 0.5) is 0 Å². The average molecular weight is 371 g/mol. The highest BCUT2D eigenvalue weighted by atomic mass is 35.5. The van der Waals surface area contributed by atoms with E-state index in [2.05, 4.69) is 10.2 Å². The zero-order valence-electron chi connectivity index (χ0n) is 13.8. The van der Waals surface area contributed by atoms with Crippen molar-refractivity contribution in [1.29, 1.82) is 0 Å². The topological polar surface area (TPSA) is 41.6 Å². The molecule has 1 aliphatic heterocycles. The third-order valence-electron chi connectivity index (χ3n) is 4.88. The maximum Gasteiger partial charge on any atom is 0.258 e. The van der Waals surface area contributed by atoms with Crippen molar-refractivity contribution in [3.8, 4) is 5.75 Å². The molecule has 3 rings (SSSR count). The van der Waals surface area contributed by atoms with E-state index in [4.69, 9.17) is 27.9 Å². The molecule has 1 saturated carbocycles. The minimum absolute atomic E-state index is 0.0123. The summed E-state index contributed by atoms with van der Waals surface area (Å²) < 4.78 is 5.49. The van der Waals surface area contributed by atoms with Crippen molar-refractivity contribution in [2.45, 2.75) is 50.6 Å².